The zero-order chi connectivity index (χ0) is 14.7. The topological polar surface area (TPSA) is 44.8 Å². The van der Waals surface area contributed by atoms with Crippen LogP contribution in [0.25, 0.3) is 0 Å². The lowest BCUT2D eigenvalue weighted by atomic mass is 9.83. The molecule has 20 heavy (non-hydrogen) atoms. The summed E-state index contributed by atoms with van der Waals surface area (Å²) in [6.07, 6.45) is 2.90. The Kier molecular flexibility index (Phi) is 3.18. The molecule has 3 rings (SSSR count). The van der Waals surface area contributed by atoms with E-state index in [1.807, 2.05) is 27.7 Å². The van der Waals surface area contributed by atoms with Crippen molar-refractivity contribution in [1.82, 2.24) is 0 Å². The van der Waals surface area contributed by atoms with Crippen LogP contribution < -0.4 is 0 Å². The third kappa shape index (κ3) is 1.84. The van der Waals surface area contributed by atoms with Gasteiger partial charge in [0, 0.05) is 13.0 Å². The highest BCUT2D eigenvalue weighted by molar-refractivity contribution is 5.76. The molecule has 0 aromatic carbocycles. The number of carbonyl (C=O) groups is 1. The Morgan fingerprint density at radius 2 is 2.10 bits per heavy atom. The maximum atomic E-state index is 12.3. The molecule has 114 valence electrons. The van der Waals surface area contributed by atoms with E-state index in [4.69, 9.17) is 14.2 Å². The molecule has 3 aliphatic rings. The van der Waals surface area contributed by atoms with E-state index in [2.05, 4.69) is 0 Å². The first-order valence-electron chi connectivity index (χ1n) is 7.76. The van der Waals surface area contributed by atoms with E-state index < -0.39 is 11.2 Å². The van der Waals surface area contributed by atoms with Gasteiger partial charge in [-0.3, -0.25) is 4.79 Å². The number of fused-ring (bicyclic) bond motifs is 1. The fraction of sp³-hybridized carbons (Fsp3) is 0.938. The van der Waals surface area contributed by atoms with E-state index in [0.717, 1.165) is 19.3 Å². The zero-order valence-corrected chi connectivity index (χ0v) is 13.1. The maximum absolute atomic E-state index is 12.3. The van der Waals surface area contributed by atoms with Gasteiger partial charge in [-0.15, -0.1) is 0 Å². The molecule has 4 nitrogen and oxygen atoms in total. The number of ether oxygens (including phenoxy) is 3. The smallest absolute Gasteiger partial charge is 0.311 e. The third-order valence-corrected chi connectivity index (χ3v) is 5.99. The average Bonchev–Trinajstić information content (AvgIpc) is 3.02. The second kappa shape index (κ2) is 4.44. The minimum absolute atomic E-state index is 0.0281. The first kappa shape index (κ1) is 14.3. The number of methoxy groups -OCH3 is 1. The van der Waals surface area contributed by atoms with Crippen LogP contribution in [-0.4, -0.2) is 31.1 Å². The van der Waals surface area contributed by atoms with Crippen LogP contribution in [0.5, 0.6) is 0 Å². The van der Waals surface area contributed by atoms with Crippen LogP contribution in [-0.2, 0) is 19.0 Å². The lowest BCUT2D eigenvalue weighted by Crippen LogP contribution is -2.39. The highest BCUT2D eigenvalue weighted by Gasteiger charge is 2.66. The predicted octanol–water partition coefficient (Wildman–Crippen LogP) is 2.75. The van der Waals surface area contributed by atoms with Gasteiger partial charge in [0.05, 0.1) is 5.41 Å². The van der Waals surface area contributed by atoms with Gasteiger partial charge in [0.15, 0.2) is 5.79 Å². The van der Waals surface area contributed by atoms with E-state index in [1.54, 1.807) is 7.11 Å². The normalized spacial score (nSPS) is 46.0. The van der Waals surface area contributed by atoms with Gasteiger partial charge in [0.25, 0.3) is 0 Å². The Hall–Kier alpha value is -0.610. The summed E-state index contributed by atoms with van der Waals surface area (Å²) < 4.78 is 17.6. The summed E-state index contributed by atoms with van der Waals surface area (Å²) in [5, 5.41) is 0. The van der Waals surface area contributed by atoms with Crippen molar-refractivity contribution in [3.05, 3.63) is 0 Å². The summed E-state index contributed by atoms with van der Waals surface area (Å²) in [6.45, 7) is 7.93. The minimum Gasteiger partial charge on any atom is -0.459 e. The fourth-order valence-corrected chi connectivity index (χ4v) is 4.16. The molecule has 0 aromatic rings. The lowest BCUT2D eigenvalue weighted by Gasteiger charge is -2.30. The predicted molar refractivity (Wildman–Crippen MR) is 73.9 cm³/mol. The molecule has 2 bridgehead atoms. The molecule has 0 amide bonds. The molecule has 3 fully saturated rings. The van der Waals surface area contributed by atoms with Gasteiger partial charge < -0.3 is 14.2 Å². The van der Waals surface area contributed by atoms with E-state index in [1.165, 1.54) is 0 Å². The van der Waals surface area contributed by atoms with Crippen LogP contribution >= 0.6 is 0 Å². The Morgan fingerprint density at radius 3 is 2.70 bits per heavy atom. The van der Waals surface area contributed by atoms with Crippen LogP contribution in [0, 0.1) is 23.2 Å². The highest BCUT2D eigenvalue weighted by Crippen LogP contribution is 2.61. The minimum atomic E-state index is -0.495. The summed E-state index contributed by atoms with van der Waals surface area (Å²) >= 11 is 0. The fourth-order valence-electron chi connectivity index (χ4n) is 4.16. The molecule has 1 aliphatic heterocycles. The molecule has 0 spiro atoms. The van der Waals surface area contributed by atoms with Crippen molar-refractivity contribution in [3.63, 3.8) is 0 Å². The highest BCUT2D eigenvalue weighted by atomic mass is 16.7. The average molecular weight is 282 g/mol. The molecular weight excluding hydrogens is 256 g/mol. The molecule has 2 saturated carbocycles. The van der Waals surface area contributed by atoms with Gasteiger partial charge in [-0.05, 0) is 51.9 Å². The first-order valence-corrected chi connectivity index (χ1v) is 7.76. The maximum Gasteiger partial charge on any atom is 0.311 e. The molecular formula is C16H26O4. The molecule has 1 heterocycles. The van der Waals surface area contributed by atoms with E-state index >= 15 is 0 Å². The Balaban J connectivity index is 1.74. The summed E-state index contributed by atoms with van der Waals surface area (Å²) in [4.78, 5) is 12.3. The molecule has 0 aromatic heterocycles. The number of hydrogen-bond acceptors (Lipinski definition) is 4. The van der Waals surface area contributed by atoms with Gasteiger partial charge >= 0.3 is 5.97 Å². The standard InChI is InChI=1S/C16H26O4/c1-6-15(2,3)14(17)19-12-9-7-10-11(8-9)16(4,18-5)20-13(10)12/h9-13H,6-8H2,1-5H3. The molecule has 0 radical (unpaired) electrons. The largest absolute Gasteiger partial charge is 0.459 e. The first-order chi connectivity index (χ1) is 9.32. The Labute approximate surface area is 121 Å². The van der Waals surface area contributed by atoms with Gasteiger partial charge in [0.1, 0.15) is 12.2 Å². The van der Waals surface area contributed by atoms with Crippen molar-refractivity contribution >= 4 is 5.97 Å². The summed E-state index contributed by atoms with van der Waals surface area (Å²) in [5.41, 5.74) is -0.412. The number of esters is 1. The molecule has 1 saturated heterocycles. The van der Waals surface area contributed by atoms with Crippen LogP contribution in [0.2, 0.25) is 0 Å². The molecule has 4 heteroatoms. The Bertz CT molecular complexity index is 419. The van der Waals surface area contributed by atoms with Crippen molar-refractivity contribution in [2.75, 3.05) is 7.11 Å². The molecule has 6 atom stereocenters. The summed E-state index contributed by atoms with van der Waals surface area (Å²) in [5.74, 6) is 0.808. The number of hydrogen-bond donors (Lipinski definition) is 0. The number of rotatable bonds is 4. The van der Waals surface area contributed by atoms with Crippen molar-refractivity contribution in [2.45, 2.75) is 65.0 Å². The second-order valence-electron chi connectivity index (χ2n) is 7.41. The quantitative estimate of drug-likeness (QED) is 0.744. The summed E-state index contributed by atoms with van der Waals surface area (Å²) in [6, 6.07) is 0. The van der Waals surface area contributed by atoms with E-state index in [9.17, 15) is 4.79 Å². The zero-order valence-electron chi connectivity index (χ0n) is 13.1. The second-order valence-corrected chi connectivity index (χ2v) is 7.41. The van der Waals surface area contributed by atoms with Crippen LogP contribution in [0.15, 0.2) is 0 Å². The van der Waals surface area contributed by atoms with Gasteiger partial charge in [-0.25, -0.2) is 0 Å². The van der Waals surface area contributed by atoms with Gasteiger partial charge in [-0.2, -0.15) is 0 Å². The molecule has 6 unspecified atom stereocenters. The van der Waals surface area contributed by atoms with Crippen molar-refractivity contribution in [1.29, 1.82) is 0 Å². The Morgan fingerprint density at radius 1 is 1.40 bits per heavy atom. The van der Waals surface area contributed by atoms with Crippen LogP contribution in [0.3, 0.4) is 0 Å². The van der Waals surface area contributed by atoms with Crippen LogP contribution in [0.4, 0.5) is 0 Å². The van der Waals surface area contributed by atoms with Gasteiger partial charge in [-0.1, -0.05) is 6.92 Å². The SMILES string of the molecule is CCC(C)(C)C(=O)OC1C2CC3C1OC(C)(OC)C3C2. The molecule has 2 aliphatic carbocycles. The number of carbonyl (C=O) groups excluding carboxylic acids is 1. The summed E-state index contributed by atoms with van der Waals surface area (Å²) in [7, 11) is 1.71. The monoisotopic (exact) mass is 282 g/mol. The van der Waals surface area contributed by atoms with E-state index in [0.29, 0.717) is 17.8 Å². The van der Waals surface area contributed by atoms with Crippen molar-refractivity contribution in [2.24, 2.45) is 23.2 Å². The van der Waals surface area contributed by atoms with Crippen molar-refractivity contribution < 1.29 is 19.0 Å². The third-order valence-electron chi connectivity index (χ3n) is 5.99. The van der Waals surface area contributed by atoms with Crippen LogP contribution in [0.1, 0.15) is 47.0 Å². The lowest BCUT2D eigenvalue weighted by molar-refractivity contribution is -0.224. The van der Waals surface area contributed by atoms with E-state index in [-0.39, 0.29) is 18.2 Å². The van der Waals surface area contributed by atoms with Gasteiger partial charge in [0.2, 0.25) is 0 Å². The molecule has 0 N–H and O–H groups in total. The van der Waals surface area contributed by atoms with Crippen molar-refractivity contribution in [3.8, 4) is 0 Å².